The first-order valence-electron chi connectivity index (χ1n) is 10.9. The van der Waals surface area contributed by atoms with Crippen LogP contribution in [0.25, 0.3) is 11.4 Å². The van der Waals surface area contributed by atoms with Gasteiger partial charge in [0.2, 0.25) is 5.91 Å². The van der Waals surface area contributed by atoms with Crippen LogP contribution in [-0.2, 0) is 4.79 Å². The average Bonchev–Trinajstić information content (AvgIpc) is 3.67. The molecule has 2 heterocycles. The zero-order chi connectivity index (χ0) is 19.6. The lowest BCUT2D eigenvalue weighted by molar-refractivity contribution is -0.123. The summed E-state index contributed by atoms with van der Waals surface area (Å²) in [6, 6.07) is 12.5. The Hall–Kier alpha value is -2.47. The average molecular weight is 392 g/mol. The molecule has 2 saturated carbocycles. The summed E-state index contributed by atoms with van der Waals surface area (Å²) in [4.78, 5) is 26.3. The van der Waals surface area contributed by atoms with E-state index in [4.69, 9.17) is 4.98 Å². The van der Waals surface area contributed by atoms with Gasteiger partial charge in [0.05, 0.1) is 6.54 Å². The molecule has 2 aliphatic carbocycles. The van der Waals surface area contributed by atoms with Gasteiger partial charge in [0.25, 0.3) is 0 Å². The topological polar surface area (TPSA) is 61.4 Å². The van der Waals surface area contributed by atoms with Crippen molar-refractivity contribution in [2.45, 2.75) is 31.7 Å². The minimum absolute atomic E-state index is 0.204. The number of aromatic nitrogens is 2. The van der Waals surface area contributed by atoms with Crippen LogP contribution in [0.3, 0.4) is 0 Å². The van der Waals surface area contributed by atoms with Gasteiger partial charge in [-0.15, -0.1) is 0 Å². The summed E-state index contributed by atoms with van der Waals surface area (Å²) >= 11 is 0. The third-order valence-electron chi connectivity index (χ3n) is 6.32. The van der Waals surface area contributed by atoms with Crippen molar-refractivity contribution in [1.29, 1.82) is 0 Å². The van der Waals surface area contributed by atoms with E-state index in [-0.39, 0.29) is 5.91 Å². The number of carbonyl (C=O) groups is 1. The van der Waals surface area contributed by atoms with Gasteiger partial charge in [-0.3, -0.25) is 9.69 Å². The molecule has 3 fully saturated rings. The molecule has 1 N–H and O–H groups in total. The summed E-state index contributed by atoms with van der Waals surface area (Å²) in [6.45, 7) is 4.05. The van der Waals surface area contributed by atoms with Crippen LogP contribution < -0.4 is 10.2 Å². The lowest BCUT2D eigenvalue weighted by atomic mass is 10.1. The highest BCUT2D eigenvalue weighted by molar-refractivity contribution is 5.78. The van der Waals surface area contributed by atoms with Crippen molar-refractivity contribution in [3.05, 3.63) is 42.6 Å². The number of nitrogens with one attached hydrogen (secondary N) is 1. The van der Waals surface area contributed by atoms with E-state index in [9.17, 15) is 4.79 Å². The number of anilines is 1. The smallest absolute Gasteiger partial charge is 0.234 e. The Bertz CT molecular complexity index is 829. The van der Waals surface area contributed by atoms with Crippen LogP contribution >= 0.6 is 0 Å². The fourth-order valence-electron chi connectivity index (χ4n) is 4.35. The maximum atomic E-state index is 12.6. The molecule has 6 heteroatoms. The Morgan fingerprint density at radius 3 is 2.34 bits per heavy atom. The van der Waals surface area contributed by atoms with E-state index < -0.39 is 0 Å². The Kier molecular flexibility index (Phi) is 5.19. The SMILES string of the molecule is O=C(CN1CCN(c2ccnc(-c3ccccc3)n2)CC1)NC(C1CC1)C1CC1. The number of benzene rings is 1. The van der Waals surface area contributed by atoms with Crippen LogP contribution in [0.2, 0.25) is 0 Å². The first kappa shape index (κ1) is 18.6. The van der Waals surface area contributed by atoms with Gasteiger partial charge in [-0.05, 0) is 43.6 Å². The third kappa shape index (κ3) is 4.58. The number of carbonyl (C=O) groups excluding carboxylic acids is 1. The zero-order valence-electron chi connectivity index (χ0n) is 16.8. The van der Waals surface area contributed by atoms with Crippen molar-refractivity contribution in [2.75, 3.05) is 37.6 Å². The summed E-state index contributed by atoms with van der Waals surface area (Å²) in [6.07, 6.45) is 7.02. The molecule has 5 rings (SSSR count). The van der Waals surface area contributed by atoms with Crippen LogP contribution in [0.4, 0.5) is 5.82 Å². The van der Waals surface area contributed by atoms with Crippen LogP contribution in [0.5, 0.6) is 0 Å². The second-order valence-corrected chi connectivity index (χ2v) is 8.64. The van der Waals surface area contributed by atoms with Gasteiger partial charge in [-0.2, -0.15) is 0 Å². The molecular weight excluding hydrogens is 362 g/mol. The molecule has 0 atom stereocenters. The number of nitrogens with zero attached hydrogens (tertiary/aromatic N) is 4. The predicted octanol–water partition coefficient (Wildman–Crippen LogP) is 2.57. The van der Waals surface area contributed by atoms with Gasteiger partial charge < -0.3 is 10.2 Å². The van der Waals surface area contributed by atoms with Gasteiger partial charge in [-0.1, -0.05) is 30.3 Å². The van der Waals surface area contributed by atoms with E-state index in [2.05, 4.69) is 20.1 Å². The van der Waals surface area contributed by atoms with Crippen LogP contribution in [0, 0.1) is 11.8 Å². The molecule has 0 bridgehead atoms. The fraction of sp³-hybridized carbons (Fsp3) is 0.522. The van der Waals surface area contributed by atoms with Crippen molar-refractivity contribution in [3.8, 4) is 11.4 Å². The predicted molar refractivity (Wildman–Crippen MR) is 113 cm³/mol. The van der Waals surface area contributed by atoms with E-state index >= 15 is 0 Å². The Balaban J connectivity index is 1.14. The largest absolute Gasteiger partial charge is 0.354 e. The minimum Gasteiger partial charge on any atom is -0.354 e. The summed E-state index contributed by atoms with van der Waals surface area (Å²) in [7, 11) is 0. The molecular formula is C23H29N5O. The molecule has 0 radical (unpaired) electrons. The number of piperazine rings is 1. The summed E-state index contributed by atoms with van der Waals surface area (Å²) < 4.78 is 0. The normalized spacial score (nSPS) is 20.1. The highest BCUT2D eigenvalue weighted by Gasteiger charge is 2.42. The summed E-state index contributed by atoms with van der Waals surface area (Å²) in [5.41, 5.74) is 1.03. The highest BCUT2D eigenvalue weighted by atomic mass is 16.2. The fourth-order valence-corrected chi connectivity index (χ4v) is 4.35. The van der Waals surface area contributed by atoms with E-state index in [0.717, 1.165) is 55.2 Å². The van der Waals surface area contributed by atoms with Crippen molar-refractivity contribution < 1.29 is 4.79 Å². The quantitative estimate of drug-likeness (QED) is 0.786. The van der Waals surface area contributed by atoms with Gasteiger partial charge in [0, 0.05) is 44.0 Å². The minimum atomic E-state index is 0.204. The number of rotatable bonds is 7. The van der Waals surface area contributed by atoms with E-state index in [1.807, 2.05) is 42.6 Å². The van der Waals surface area contributed by atoms with Crippen LogP contribution in [0.15, 0.2) is 42.6 Å². The third-order valence-corrected chi connectivity index (χ3v) is 6.32. The van der Waals surface area contributed by atoms with E-state index in [1.54, 1.807) is 0 Å². The zero-order valence-corrected chi connectivity index (χ0v) is 16.8. The van der Waals surface area contributed by atoms with Crippen LogP contribution in [-0.4, -0.2) is 59.5 Å². The molecule has 6 nitrogen and oxygen atoms in total. The summed E-state index contributed by atoms with van der Waals surface area (Å²) in [5, 5.41) is 3.34. The molecule has 0 spiro atoms. The Morgan fingerprint density at radius 2 is 1.69 bits per heavy atom. The molecule has 29 heavy (non-hydrogen) atoms. The molecule has 0 unspecified atom stereocenters. The van der Waals surface area contributed by atoms with Crippen molar-refractivity contribution in [1.82, 2.24) is 20.2 Å². The number of amides is 1. The van der Waals surface area contributed by atoms with Crippen molar-refractivity contribution in [2.24, 2.45) is 11.8 Å². The number of hydrogen-bond acceptors (Lipinski definition) is 5. The lowest BCUT2D eigenvalue weighted by Crippen LogP contribution is -2.51. The second-order valence-electron chi connectivity index (χ2n) is 8.64. The van der Waals surface area contributed by atoms with E-state index in [1.165, 1.54) is 25.7 Å². The maximum absolute atomic E-state index is 12.6. The van der Waals surface area contributed by atoms with E-state index in [0.29, 0.717) is 12.6 Å². The molecule has 3 aliphatic rings. The molecule has 1 amide bonds. The highest BCUT2D eigenvalue weighted by Crippen LogP contribution is 2.44. The van der Waals surface area contributed by atoms with Gasteiger partial charge in [0.15, 0.2) is 5.82 Å². The second kappa shape index (κ2) is 8.11. The van der Waals surface area contributed by atoms with Crippen molar-refractivity contribution in [3.63, 3.8) is 0 Å². The molecule has 1 aromatic heterocycles. The number of hydrogen-bond donors (Lipinski definition) is 1. The molecule has 1 aromatic carbocycles. The monoisotopic (exact) mass is 391 g/mol. The molecule has 2 aromatic rings. The molecule has 1 saturated heterocycles. The molecule has 152 valence electrons. The van der Waals surface area contributed by atoms with Crippen LogP contribution in [0.1, 0.15) is 25.7 Å². The van der Waals surface area contributed by atoms with Gasteiger partial charge in [0.1, 0.15) is 5.82 Å². The Morgan fingerprint density at radius 1 is 1.00 bits per heavy atom. The maximum Gasteiger partial charge on any atom is 0.234 e. The standard InChI is InChI=1S/C23H29N5O/c29-21(26-22(17-6-7-17)18-8-9-18)16-27-12-14-28(15-13-27)20-10-11-24-23(25-20)19-4-2-1-3-5-19/h1-5,10-11,17-18,22H,6-9,12-16H2,(H,26,29). The van der Waals surface area contributed by atoms with Gasteiger partial charge in [-0.25, -0.2) is 9.97 Å². The van der Waals surface area contributed by atoms with Gasteiger partial charge >= 0.3 is 0 Å². The Labute approximate surface area is 172 Å². The van der Waals surface area contributed by atoms with Crippen molar-refractivity contribution >= 4 is 11.7 Å². The first-order valence-corrected chi connectivity index (χ1v) is 10.9. The molecule has 1 aliphatic heterocycles. The summed E-state index contributed by atoms with van der Waals surface area (Å²) in [5.74, 6) is 3.43. The lowest BCUT2D eigenvalue weighted by Gasteiger charge is -2.35. The first-order chi connectivity index (χ1) is 14.3.